The van der Waals surface area contributed by atoms with Crippen molar-refractivity contribution in [1.82, 2.24) is 0 Å². The van der Waals surface area contributed by atoms with E-state index in [4.69, 9.17) is 0 Å². The Bertz CT molecular complexity index is 1610. The predicted molar refractivity (Wildman–Crippen MR) is 187 cm³/mol. The summed E-state index contributed by atoms with van der Waals surface area (Å²) in [6.45, 7) is 11.7. The van der Waals surface area contributed by atoms with E-state index < -0.39 is 0 Å². The van der Waals surface area contributed by atoms with Gasteiger partial charge in [-0.05, 0) is 31.4 Å². The van der Waals surface area contributed by atoms with Gasteiger partial charge in [0.25, 0.3) is 0 Å². The van der Waals surface area contributed by atoms with E-state index in [1.165, 1.54) is 89.4 Å². The Morgan fingerprint density at radius 2 is 1.00 bits per heavy atom. The van der Waals surface area contributed by atoms with E-state index >= 15 is 0 Å². The fraction of sp³-hybridized carbons (Fsp3) is 0.135. The third-order valence-corrected chi connectivity index (χ3v) is 6.84. The molecule has 4 heteroatoms. The average Bonchev–Trinajstić information content (AvgIpc) is 3.53. The van der Waals surface area contributed by atoms with E-state index in [0.717, 1.165) is 6.42 Å². The van der Waals surface area contributed by atoms with Gasteiger partial charge in [0.15, 0.2) is 0 Å². The molecule has 0 aromatic heterocycles. The molecular formula is C37H40Cl2SiZr-4. The van der Waals surface area contributed by atoms with Crippen LogP contribution >= 0.6 is 24.8 Å². The summed E-state index contributed by atoms with van der Waals surface area (Å²) in [5, 5.41) is 5.41. The quantitative estimate of drug-likeness (QED) is 0.129. The topological polar surface area (TPSA) is 0 Å². The molecule has 0 atom stereocenters. The number of halogens is 2. The van der Waals surface area contributed by atoms with Crippen molar-refractivity contribution in [1.29, 1.82) is 0 Å². The van der Waals surface area contributed by atoms with Gasteiger partial charge in [-0.15, -0.1) is 93.9 Å². The second kappa shape index (κ2) is 18.3. The van der Waals surface area contributed by atoms with Gasteiger partial charge in [0.2, 0.25) is 0 Å². The van der Waals surface area contributed by atoms with Crippen molar-refractivity contribution in [3.05, 3.63) is 146 Å². The van der Waals surface area contributed by atoms with E-state index in [0.29, 0.717) is 0 Å². The second-order valence-corrected chi connectivity index (χ2v) is 9.60. The summed E-state index contributed by atoms with van der Waals surface area (Å²) in [5.74, 6) is 0. The molecule has 0 aliphatic carbocycles. The van der Waals surface area contributed by atoms with Gasteiger partial charge in [-0.2, -0.15) is 12.1 Å². The molecule has 41 heavy (non-hydrogen) atoms. The first-order valence-electron chi connectivity index (χ1n) is 12.8. The zero-order valence-corrected chi connectivity index (χ0v) is 30.0. The standard InChI is InChI=1S/C18H17.C17H15.2CH3.2ClH.Si.Zr/c1-3-14-11-16-5-4-6-17(18(16)12-14)15-9-7-13(2)8-10-15;1-12-6-8-14(9-7-12)16-5-3-4-15-10-13(2)11-17(15)16;;;;;;/h4-12H,3H2,1-2H3;3-11H,1-2H3;2*1H3;2*1H;;/q4*-1;;;;. The number of hydrogen-bond acceptors (Lipinski definition) is 0. The normalized spacial score (nSPS) is 9.44. The zero-order valence-electron chi connectivity index (χ0n) is 24.9. The molecular weight excluding hydrogens is 635 g/mol. The summed E-state index contributed by atoms with van der Waals surface area (Å²) in [6.07, 6.45) is 1.10. The summed E-state index contributed by atoms with van der Waals surface area (Å²) in [5.41, 5.74) is 10.6. The van der Waals surface area contributed by atoms with Crippen LogP contribution in [0.2, 0.25) is 0 Å². The molecule has 0 aliphatic rings. The van der Waals surface area contributed by atoms with Crippen LogP contribution in [0, 0.1) is 35.6 Å². The molecule has 0 aliphatic heterocycles. The Morgan fingerprint density at radius 1 is 0.585 bits per heavy atom. The van der Waals surface area contributed by atoms with Crippen LogP contribution in [0.15, 0.2) is 109 Å². The van der Waals surface area contributed by atoms with Crippen LogP contribution in [-0.2, 0) is 29.8 Å². The van der Waals surface area contributed by atoms with Crippen molar-refractivity contribution >= 4 is 53.2 Å². The van der Waals surface area contributed by atoms with Crippen molar-refractivity contribution in [2.45, 2.75) is 34.1 Å². The molecule has 6 rings (SSSR count). The first-order chi connectivity index (χ1) is 18.0. The van der Waals surface area contributed by atoms with Crippen molar-refractivity contribution < 1.29 is 23.3 Å². The summed E-state index contributed by atoms with van der Waals surface area (Å²) < 4.78 is 0. The number of rotatable bonds is 3. The zero-order chi connectivity index (χ0) is 26.4. The SMILES string of the molecule is CCc1cc2c(-c3ccc(C)cc3)cccc2[cH-]1.Cc1ccc(-c2cccc3[cH-]c(C)cc23)cc1.Cl.Cl.[CH3-].[CH3-].[Si]=[Zr]. The summed E-state index contributed by atoms with van der Waals surface area (Å²) in [6, 6.07) is 39.7. The minimum atomic E-state index is 0. The first kappa shape index (κ1) is 38.8. The van der Waals surface area contributed by atoms with Gasteiger partial charge in [0, 0.05) is 0 Å². The summed E-state index contributed by atoms with van der Waals surface area (Å²) >= 11 is 1.36. The molecule has 0 unspecified atom stereocenters. The molecule has 6 aromatic carbocycles. The third kappa shape index (κ3) is 9.39. The maximum atomic E-state index is 3.06. The van der Waals surface area contributed by atoms with Crippen molar-refractivity contribution in [2.24, 2.45) is 0 Å². The van der Waals surface area contributed by atoms with E-state index in [-0.39, 0.29) is 39.7 Å². The molecule has 0 nitrogen and oxygen atoms in total. The Kier molecular flexibility index (Phi) is 17.4. The van der Waals surface area contributed by atoms with Crippen LogP contribution in [0.25, 0.3) is 43.8 Å². The van der Waals surface area contributed by atoms with Crippen molar-refractivity contribution in [2.75, 3.05) is 0 Å². The van der Waals surface area contributed by atoms with E-state index in [2.05, 4.69) is 144 Å². The van der Waals surface area contributed by atoms with Gasteiger partial charge in [-0.1, -0.05) is 96.8 Å². The molecule has 0 fully saturated rings. The fourth-order valence-corrected chi connectivity index (χ4v) is 4.86. The van der Waals surface area contributed by atoms with Gasteiger partial charge in [0.1, 0.15) is 0 Å². The van der Waals surface area contributed by atoms with Crippen LogP contribution in [0.4, 0.5) is 0 Å². The monoisotopic (exact) mass is 672 g/mol. The summed E-state index contributed by atoms with van der Waals surface area (Å²) in [4.78, 5) is 0. The second-order valence-electron chi connectivity index (χ2n) is 9.60. The molecule has 0 amide bonds. The van der Waals surface area contributed by atoms with E-state index in [1.807, 2.05) is 0 Å². The number of benzene rings is 4. The molecule has 0 N–H and O–H groups in total. The van der Waals surface area contributed by atoms with Gasteiger partial charge in [0.05, 0.1) is 0 Å². The predicted octanol–water partition coefficient (Wildman–Crippen LogP) is 11.3. The Hall–Kier alpha value is -2.22. The number of aryl methyl sites for hydroxylation is 4. The van der Waals surface area contributed by atoms with Crippen molar-refractivity contribution in [3.8, 4) is 22.3 Å². The van der Waals surface area contributed by atoms with Crippen molar-refractivity contribution in [3.63, 3.8) is 0 Å². The minimum absolute atomic E-state index is 0. The summed E-state index contributed by atoms with van der Waals surface area (Å²) in [7, 11) is 0. The average molecular weight is 675 g/mol. The fourth-order valence-electron chi connectivity index (χ4n) is 4.86. The molecule has 0 spiro atoms. The van der Waals surface area contributed by atoms with Gasteiger partial charge < -0.3 is 14.9 Å². The Morgan fingerprint density at radius 3 is 1.44 bits per heavy atom. The van der Waals surface area contributed by atoms with Gasteiger partial charge in [-0.3, -0.25) is 0 Å². The maximum absolute atomic E-state index is 3.06. The molecule has 214 valence electrons. The molecule has 0 saturated heterocycles. The molecule has 0 heterocycles. The van der Waals surface area contributed by atoms with Crippen LogP contribution < -0.4 is 0 Å². The Labute approximate surface area is 277 Å². The number of hydrogen-bond donors (Lipinski definition) is 0. The van der Waals surface area contributed by atoms with Crippen LogP contribution in [0.3, 0.4) is 0 Å². The van der Waals surface area contributed by atoms with E-state index in [9.17, 15) is 0 Å². The first-order valence-corrected chi connectivity index (χ1v) is 16.9. The van der Waals surface area contributed by atoms with Gasteiger partial charge >= 0.3 is 30.2 Å². The third-order valence-electron chi connectivity index (χ3n) is 6.84. The van der Waals surface area contributed by atoms with Crippen LogP contribution in [0.1, 0.15) is 29.2 Å². The molecule has 0 saturated carbocycles. The van der Waals surface area contributed by atoms with E-state index in [1.54, 1.807) is 0 Å². The van der Waals surface area contributed by atoms with Gasteiger partial charge in [-0.25, -0.2) is 0 Å². The Balaban J connectivity index is 0.000000675. The molecule has 2 radical (unpaired) electrons. The molecule has 0 bridgehead atoms. The van der Waals surface area contributed by atoms with Crippen LogP contribution in [-0.4, -0.2) is 6.88 Å². The molecule has 6 aromatic rings. The van der Waals surface area contributed by atoms with Crippen LogP contribution in [0.5, 0.6) is 0 Å². The number of fused-ring (bicyclic) bond motifs is 2.